The zero-order valence-corrected chi connectivity index (χ0v) is 70.2. The van der Waals surface area contributed by atoms with E-state index in [1.54, 1.807) is 27.7 Å². The number of unbranched alkanes of at least 4 members (excludes halogenated alkanes) is 6. The van der Waals surface area contributed by atoms with Gasteiger partial charge in [0.15, 0.2) is 0 Å². The van der Waals surface area contributed by atoms with Gasteiger partial charge in [0.05, 0.1) is 55.8 Å². The number of carbonyl (C=O) groups excluding carboxylic acids is 8. The smallest absolute Gasteiger partial charge is 0.407 e. The van der Waals surface area contributed by atoms with Gasteiger partial charge in [-0.05, 0) is 200 Å². The van der Waals surface area contributed by atoms with Crippen molar-refractivity contribution in [3.63, 3.8) is 0 Å². The molecule has 626 valence electrons. The number of esters is 6. The molecule has 0 fully saturated rings. The third-order valence-corrected chi connectivity index (χ3v) is 17.0. The quantitative estimate of drug-likeness (QED) is 0.0190. The summed E-state index contributed by atoms with van der Waals surface area (Å²) in [5.74, 6) is -2.19. The molecule has 6 N–H and O–H groups in total. The zero-order valence-electron chi connectivity index (χ0n) is 70.2. The van der Waals surface area contributed by atoms with Gasteiger partial charge in [-0.3, -0.25) is 33.8 Å². The summed E-state index contributed by atoms with van der Waals surface area (Å²) >= 11 is 0. The summed E-state index contributed by atoms with van der Waals surface area (Å²) in [7, 11) is 0. The predicted molar refractivity (Wildman–Crippen MR) is 426 cm³/mol. The van der Waals surface area contributed by atoms with Crippen LogP contribution in [0.15, 0.2) is 36.5 Å². The standard InChI is InChI=1S/C23H43NO6.C21H37NO6.C14H29NO2.C12H23NO2.C6H12O2.C4H6O2.CH4.H2N/c1-6-9-13-19(7-2)18-30-20(25)14-11-10-12-16-29-22(27)24-15-17-28-21(26)23(4,5)8-3;1-5-7-11-18(6-2)16-28-19(23)12-9-8-10-14-27-21(25)22-13-15-26-20(24)17(3)4;1-8-14(6,7)13(16)17-10-9-15(11(2)3)12(4)5;1-9(2)12(14)15-8-7-13(10(3)4)11(5)6;1-4-6(2,3)5(7)8;1-3(2)4(5)6;;/h19H,6-18H2,1-5H3,(H,24,27);18H,3,5-16H2,1-2,4H3,(H,22,25);11-12H,8-10H2,1-7H3;10-11H,1,7-8H2,2-6H3;4H2,1-3H3,(H,7,8);1H2,2H3,(H,5,6);1H4;1H2/q;;;;;;;-1. The van der Waals surface area contributed by atoms with E-state index in [-0.39, 0.29) is 87.3 Å². The average Bonchev–Trinajstić information content (AvgIpc) is 0.901. The van der Waals surface area contributed by atoms with Crippen molar-refractivity contribution in [3.8, 4) is 0 Å². The van der Waals surface area contributed by atoms with Gasteiger partial charge in [0.1, 0.15) is 26.4 Å². The highest BCUT2D eigenvalue weighted by molar-refractivity contribution is 5.87. The fraction of sp³-hybridized carbons (Fsp3) is 0.802. The van der Waals surface area contributed by atoms with Gasteiger partial charge in [-0.15, -0.1) is 0 Å². The first-order valence-electron chi connectivity index (χ1n) is 38.1. The molecule has 106 heavy (non-hydrogen) atoms. The van der Waals surface area contributed by atoms with Crippen molar-refractivity contribution in [2.24, 2.45) is 28.1 Å². The molecule has 0 aliphatic rings. The number of carboxylic acid groups (broad SMARTS) is 2. The topological polar surface area (TPSA) is 349 Å². The van der Waals surface area contributed by atoms with Crippen molar-refractivity contribution in [1.82, 2.24) is 20.4 Å². The van der Waals surface area contributed by atoms with Crippen molar-refractivity contribution < 1.29 is 96.1 Å². The van der Waals surface area contributed by atoms with Crippen LogP contribution < -0.4 is 10.6 Å². The van der Waals surface area contributed by atoms with E-state index in [1.165, 1.54) is 19.8 Å². The molecule has 0 saturated heterocycles. The van der Waals surface area contributed by atoms with Crippen LogP contribution in [0.2, 0.25) is 0 Å². The third kappa shape index (κ3) is 69.2. The van der Waals surface area contributed by atoms with Crippen LogP contribution in [0.25, 0.3) is 6.15 Å². The Morgan fingerprint density at radius 1 is 0.406 bits per heavy atom. The highest BCUT2D eigenvalue weighted by Gasteiger charge is 2.29. The van der Waals surface area contributed by atoms with E-state index in [9.17, 15) is 47.9 Å². The summed E-state index contributed by atoms with van der Waals surface area (Å²) in [5, 5.41) is 21.4. The maximum Gasteiger partial charge on any atom is 0.407 e. The molecule has 0 aromatic carbocycles. The van der Waals surface area contributed by atoms with Crippen molar-refractivity contribution in [2.75, 3.05) is 79.0 Å². The molecule has 0 radical (unpaired) electrons. The minimum Gasteiger partial charge on any atom is -0.693 e. The molecule has 0 aromatic heterocycles. The molecule has 2 unspecified atom stereocenters. The fourth-order valence-electron chi connectivity index (χ4n) is 8.27. The van der Waals surface area contributed by atoms with Crippen LogP contribution in [0, 0.1) is 28.1 Å². The van der Waals surface area contributed by atoms with Crippen LogP contribution in [0.1, 0.15) is 296 Å². The minimum atomic E-state index is -0.935. The predicted octanol–water partition coefficient (Wildman–Crippen LogP) is 18.0. The van der Waals surface area contributed by atoms with Gasteiger partial charge >= 0.3 is 59.9 Å². The van der Waals surface area contributed by atoms with Crippen molar-refractivity contribution in [1.29, 1.82) is 0 Å². The monoisotopic (exact) mass is 1520 g/mol. The maximum atomic E-state index is 11.8. The molecule has 25 nitrogen and oxygen atoms in total. The lowest BCUT2D eigenvalue weighted by Crippen LogP contribution is -2.40. The SMILES string of the molecule is C.C=C(C)C(=O)O.C=C(C)C(=O)OCCN(C(C)C)C(C)C.C=C(C)C(=O)OCCNC(=O)OCCCCCC(=O)OCC(CC)CCCC.CCC(C)(C)C(=O)O.CCC(C)(C)C(=O)OCCN(C(C)C)C(C)C.CCCCC(CC)COC(=O)CCCCCOC(=O)NCCOC(=O)C(C)(C)CC.[NH2-]. The van der Waals surface area contributed by atoms with E-state index in [1.807, 2.05) is 48.5 Å². The maximum absolute atomic E-state index is 11.8. The molecular weight excluding hydrogens is 1360 g/mol. The summed E-state index contributed by atoms with van der Waals surface area (Å²) in [6.07, 6.45) is 15.2. The number of nitrogens with one attached hydrogen (secondary N) is 2. The molecular formula is C81H156N5O20-. The first-order valence-corrected chi connectivity index (χ1v) is 38.1. The lowest BCUT2D eigenvalue weighted by atomic mass is 9.91. The number of hydrogen-bond donors (Lipinski definition) is 4. The van der Waals surface area contributed by atoms with Gasteiger partial charge in [0.2, 0.25) is 0 Å². The Balaban J connectivity index is -0.000000193. The molecule has 0 aliphatic carbocycles. The molecule has 0 bridgehead atoms. The second kappa shape index (κ2) is 70.1. The lowest BCUT2D eigenvalue weighted by molar-refractivity contribution is -0.155. The molecule has 2 atom stereocenters. The van der Waals surface area contributed by atoms with E-state index in [2.05, 4.69) is 123 Å². The van der Waals surface area contributed by atoms with E-state index in [4.69, 9.17) is 48.1 Å². The first-order chi connectivity index (χ1) is 48.4. The normalized spacial score (nSPS) is 11.3. The van der Waals surface area contributed by atoms with Gasteiger partial charge < -0.3 is 64.9 Å². The van der Waals surface area contributed by atoms with E-state index < -0.39 is 40.9 Å². The Hall–Kier alpha value is -6.60. The number of alkyl carbamates (subject to hydrolysis) is 2. The largest absolute Gasteiger partial charge is 0.693 e. The first kappa shape index (κ1) is 115. The molecule has 0 spiro atoms. The Labute approximate surface area is 643 Å². The highest BCUT2D eigenvalue weighted by Crippen LogP contribution is 2.23. The number of carboxylic acids is 2. The molecule has 25 heteroatoms. The van der Waals surface area contributed by atoms with Gasteiger partial charge in [-0.2, -0.15) is 0 Å². The van der Waals surface area contributed by atoms with Crippen LogP contribution >= 0.6 is 0 Å². The molecule has 0 heterocycles. The Kier molecular flexibility index (Phi) is 76.2. The van der Waals surface area contributed by atoms with Gasteiger partial charge in [-0.25, -0.2) is 24.0 Å². The number of rotatable bonds is 49. The lowest BCUT2D eigenvalue weighted by Gasteiger charge is -2.30. The second-order valence-corrected chi connectivity index (χ2v) is 29.0. The third-order valence-electron chi connectivity index (χ3n) is 17.0. The van der Waals surface area contributed by atoms with Gasteiger partial charge in [-0.1, -0.05) is 114 Å². The summed E-state index contributed by atoms with van der Waals surface area (Å²) in [6.45, 7) is 62.0. The minimum absolute atomic E-state index is 0. The number of hydrogen-bond acceptors (Lipinski definition) is 20. The number of nitrogens with zero attached hydrogens (tertiary/aromatic N) is 2. The number of amides is 2. The van der Waals surface area contributed by atoms with Crippen LogP contribution in [-0.4, -0.2) is 183 Å². The van der Waals surface area contributed by atoms with Crippen molar-refractivity contribution >= 4 is 59.9 Å². The van der Waals surface area contributed by atoms with E-state index >= 15 is 0 Å². The Morgan fingerprint density at radius 3 is 0.972 bits per heavy atom. The van der Waals surface area contributed by atoms with Crippen molar-refractivity contribution in [3.05, 3.63) is 42.6 Å². The summed E-state index contributed by atoms with van der Waals surface area (Å²) < 4.78 is 41.2. The van der Waals surface area contributed by atoms with Crippen LogP contribution in [0.3, 0.4) is 0 Å². The van der Waals surface area contributed by atoms with Crippen molar-refractivity contribution in [2.45, 2.75) is 320 Å². The van der Waals surface area contributed by atoms with E-state index in [0.717, 1.165) is 77.3 Å². The second-order valence-electron chi connectivity index (χ2n) is 29.0. The molecule has 2 amide bonds. The molecule has 0 aromatic rings. The highest BCUT2D eigenvalue weighted by atomic mass is 16.6. The van der Waals surface area contributed by atoms with Crippen LogP contribution in [-0.2, 0) is 76.3 Å². The zero-order chi connectivity index (χ0) is 81.6. The van der Waals surface area contributed by atoms with Crippen LogP contribution in [0.4, 0.5) is 9.59 Å². The number of carbonyl (C=O) groups is 10. The summed E-state index contributed by atoms with van der Waals surface area (Å²) in [5.41, 5.74) is -0.473. The number of nitrogens with two attached hydrogens (primary N) is 1. The summed E-state index contributed by atoms with van der Waals surface area (Å²) in [4.78, 5) is 117. The molecule has 0 aliphatic heterocycles. The van der Waals surface area contributed by atoms with Crippen LogP contribution in [0.5, 0.6) is 0 Å². The Morgan fingerprint density at radius 2 is 0.708 bits per heavy atom. The Bertz CT molecular complexity index is 2360. The molecule has 0 rings (SSSR count). The van der Waals surface area contributed by atoms with E-state index in [0.29, 0.717) is 125 Å². The number of aliphatic carboxylic acids is 2. The summed E-state index contributed by atoms with van der Waals surface area (Å²) in [6, 6.07) is 1.89. The fourth-order valence-corrected chi connectivity index (χ4v) is 8.27. The van der Waals surface area contributed by atoms with Gasteiger partial charge in [0, 0.05) is 66.8 Å². The molecule has 0 saturated carbocycles. The number of ether oxygens (including phenoxy) is 8. The van der Waals surface area contributed by atoms with Gasteiger partial charge in [0.25, 0.3) is 0 Å². The average molecular weight is 1520 g/mol.